The number of hydrogen-bond acceptors (Lipinski definition) is 3. The van der Waals surface area contributed by atoms with Gasteiger partial charge in [0, 0.05) is 11.1 Å². The van der Waals surface area contributed by atoms with Crippen LogP contribution in [0.5, 0.6) is 0 Å². The fraction of sp³-hybridized carbons (Fsp3) is 0.312. The maximum absolute atomic E-state index is 4.81. The van der Waals surface area contributed by atoms with Crippen LogP contribution in [0.3, 0.4) is 0 Å². The molecule has 0 spiro atoms. The van der Waals surface area contributed by atoms with Crippen LogP contribution in [0.25, 0.3) is 21.9 Å². The maximum atomic E-state index is 4.81. The van der Waals surface area contributed by atoms with E-state index in [0.717, 1.165) is 51.9 Å². The van der Waals surface area contributed by atoms with Crippen molar-refractivity contribution in [1.82, 2.24) is 15.0 Å². The number of rotatable bonds is 2. The van der Waals surface area contributed by atoms with Gasteiger partial charge < -0.3 is 0 Å². The van der Waals surface area contributed by atoms with Crippen molar-refractivity contribution in [3.63, 3.8) is 0 Å². The zero-order valence-electron chi connectivity index (χ0n) is 11.6. The van der Waals surface area contributed by atoms with Gasteiger partial charge in [-0.2, -0.15) is 0 Å². The van der Waals surface area contributed by atoms with E-state index in [0.29, 0.717) is 0 Å². The Morgan fingerprint density at radius 1 is 0.789 bits per heavy atom. The molecule has 0 radical (unpaired) electrons. The van der Waals surface area contributed by atoms with E-state index in [4.69, 9.17) is 9.97 Å². The highest BCUT2D eigenvalue weighted by molar-refractivity contribution is 6.01. The van der Waals surface area contributed by atoms with Crippen molar-refractivity contribution in [2.24, 2.45) is 0 Å². The molecule has 3 heteroatoms. The monoisotopic (exact) mass is 251 g/mol. The van der Waals surface area contributed by atoms with Crippen molar-refractivity contribution in [3.05, 3.63) is 41.3 Å². The van der Waals surface area contributed by atoms with E-state index in [9.17, 15) is 0 Å². The Morgan fingerprint density at radius 2 is 1.47 bits per heavy atom. The molecular weight excluding hydrogens is 234 g/mol. The molecule has 0 bridgehead atoms. The molecule has 0 aliphatic carbocycles. The van der Waals surface area contributed by atoms with Gasteiger partial charge in [-0.25, -0.2) is 9.97 Å². The summed E-state index contributed by atoms with van der Waals surface area (Å²) in [5.41, 5.74) is 6.03. The molecule has 2 aromatic heterocycles. The molecular formula is C16H17N3. The van der Waals surface area contributed by atoms with E-state index >= 15 is 0 Å². The van der Waals surface area contributed by atoms with Crippen LogP contribution >= 0.6 is 0 Å². The summed E-state index contributed by atoms with van der Waals surface area (Å²) in [6.45, 7) is 6.25. The minimum absolute atomic E-state index is 0.911. The summed E-state index contributed by atoms with van der Waals surface area (Å²) in [5, 5.41) is 1.12. The summed E-state index contributed by atoms with van der Waals surface area (Å²) in [6.07, 6.45) is 1.83. The van der Waals surface area contributed by atoms with E-state index in [-0.39, 0.29) is 0 Å². The van der Waals surface area contributed by atoms with Gasteiger partial charge in [0.1, 0.15) is 5.52 Å². The number of pyridine rings is 1. The molecule has 0 atom stereocenters. The number of fused-ring (bicyclic) bond motifs is 3. The third-order valence-corrected chi connectivity index (χ3v) is 3.46. The van der Waals surface area contributed by atoms with Crippen molar-refractivity contribution in [1.29, 1.82) is 0 Å². The van der Waals surface area contributed by atoms with E-state index in [1.807, 2.05) is 19.1 Å². The molecule has 0 saturated carbocycles. The molecule has 0 aliphatic rings. The van der Waals surface area contributed by atoms with Crippen molar-refractivity contribution >= 4 is 21.9 Å². The maximum Gasteiger partial charge on any atom is 0.115 e. The standard InChI is InChI=1S/C16H17N3/c1-4-12-13(5-2)19-16-14(18-12)9-8-11-7-6-10(3)17-15(11)16/h6-9H,4-5H2,1-3H3. The summed E-state index contributed by atoms with van der Waals surface area (Å²) in [7, 11) is 0. The zero-order chi connectivity index (χ0) is 13.4. The van der Waals surface area contributed by atoms with Gasteiger partial charge in [-0.15, -0.1) is 0 Å². The summed E-state index contributed by atoms with van der Waals surface area (Å²) in [5.74, 6) is 0. The van der Waals surface area contributed by atoms with Crippen molar-refractivity contribution in [2.75, 3.05) is 0 Å². The lowest BCUT2D eigenvalue weighted by Crippen LogP contribution is -2.01. The van der Waals surface area contributed by atoms with Gasteiger partial charge in [-0.1, -0.05) is 26.0 Å². The van der Waals surface area contributed by atoms with Crippen LogP contribution in [-0.2, 0) is 12.8 Å². The van der Waals surface area contributed by atoms with E-state index in [1.165, 1.54) is 0 Å². The fourth-order valence-electron chi connectivity index (χ4n) is 2.44. The number of hydrogen-bond donors (Lipinski definition) is 0. The Labute approximate surface area is 112 Å². The Morgan fingerprint density at radius 3 is 2.21 bits per heavy atom. The fourth-order valence-corrected chi connectivity index (χ4v) is 2.44. The van der Waals surface area contributed by atoms with Gasteiger partial charge in [0.2, 0.25) is 0 Å². The van der Waals surface area contributed by atoms with Crippen molar-refractivity contribution in [2.45, 2.75) is 33.6 Å². The van der Waals surface area contributed by atoms with Crippen LogP contribution in [-0.4, -0.2) is 15.0 Å². The lowest BCUT2D eigenvalue weighted by Gasteiger charge is -2.08. The third-order valence-electron chi connectivity index (χ3n) is 3.46. The molecule has 0 amide bonds. The molecule has 1 aromatic carbocycles. The largest absolute Gasteiger partial charge is 0.251 e. The number of aryl methyl sites for hydroxylation is 3. The van der Waals surface area contributed by atoms with Crippen molar-refractivity contribution < 1.29 is 0 Å². The first kappa shape index (κ1) is 12.0. The predicted octanol–water partition coefficient (Wildman–Crippen LogP) is 3.61. The first-order valence-electron chi connectivity index (χ1n) is 6.78. The highest BCUT2D eigenvalue weighted by atomic mass is 14.8. The first-order chi connectivity index (χ1) is 9.22. The lowest BCUT2D eigenvalue weighted by atomic mass is 10.1. The molecule has 96 valence electrons. The SMILES string of the molecule is CCc1nc2ccc3ccc(C)nc3c2nc1CC. The molecule has 0 unspecified atom stereocenters. The van der Waals surface area contributed by atoms with Gasteiger partial charge >= 0.3 is 0 Å². The molecule has 0 fully saturated rings. The van der Waals surface area contributed by atoms with Gasteiger partial charge in [0.15, 0.2) is 0 Å². The highest BCUT2D eigenvalue weighted by Gasteiger charge is 2.09. The average molecular weight is 251 g/mol. The molecule has 3 aromatic rings. The summed E-state index contributed by atoms with van der Waals surface area (Å²) >= 11 is 0. The van der Waals surface area contributed by atoms with Crippen molar-refractivity contribution in [3.8, 4) is 0 Å². The van der Waals surface area contributed by atoms with E-state index in [2.05, 4.69) is 31.0 Å². The molecule has 3 nitrogen and oxygen atoms in total. The van der Waals surface area contributed by atoms with Crippen LogP contribution in [0, 0.1) is 6.92 Å². The van der Waals surface area contributed by atoms with Crippen LogP contribution < -0.4 is 0 Å². The topological polar surface area (TPSA) is 38.7 Å². The molecule has 0 aliphatic heterocycles. The molecule has 0 saturated heterocycles. The second kappa shape index (κ2) is 4.57. The second-order valence-corrected chi connectivity index (χ2v) is 4.78. The smallest absolute Gasteiger partial charge is 0.115 e. The number of benzene rings is 1. The normalized spacial score (nSPS) is 11.3. The van der Waals surface area contributed by atoms with Gasteiger partial charge in [-0.05, 0) is 31.9 Å². The average Bonchev–Trinajstić information content (AvgIpc) is 2.45. The Bertz CT molecular complexity index is 763. The molecule has 19 heavy (non-hydrogen) atoms. The minimum Gasteiger partial charge on any atom is -0.251 e. The Hall–Kier alpha value is -2.03. The summed E-state index contributed by atoms with van der Waals surface area (Å²) in [6, 6.07) is 8.24. The zero-order valence-corrected chi connectivity index (χ0v) is 11.6. The predicted molar refractivity (Wildman–Crippen MR) is 78.3 cm³/mol. The Kier molecular flexibility index (Phi) is 2.90. The van der Waals surface area contributed by atoms with Crippen LogP contribution in [0.15, 0.2) is 24.3 Å². The first-order valence-corrected chi connectivity index (χ1v) is 6.78. The highest BCUT2D eigenvalue weighted by Crippen LogP contribution is 2.23. The second-order valence-electron chi connectivity index (χ2n) is 4.78. The number of aromatic nitrogens is 3. The van der Waals surface area contributed by atoms with Gasteiger partial charge in [0.25, 0.3) is 0 Å². The van der Waals surface area contributed by atoms with Gasteiger partial charge in [0.05, 0.1) is 22.4 Å². The van der Waals surface area contributed by atoms with Crippen LogP contribution in [0.4, 0.5) is 0 Å². The number of nitrogens with zero attached hydrogens (tertiary/aromatic N) is 3. The summed E-state index contributed by atoms with van der Waals surface area (Å²) in [4.78, 5) is 14.2. The van der Waals surface area contributed by atoms with Crippen LogP contribution in [0.2, 0.25) is 0 Å². The molecule has 3 rings (SSSR count). The van der Waals surface area contributed by atoms with Crippen LogP contribution in [0.1, 0.15) is 30.9 Å². The quantitative estimate of drug-likeness (QED) is 0.653. The van der Waals surface area contributed by atoms with E-state index < -0.39 is 0 Å². The minimum atomic E-state index is 0.911. The molecule has 2 heterocycles. The van der Waals surface area contributed by atoms with E-state index in [1.54, 1.807) is 0 Å². The molecule has 0 N–H and O–H groups in total. The lowest BCUT2D eigenvalue weighted by molar-refractivity contribution is 0.931. The third kappa shape index (κ3) is 1.95. The Balaban J connectivity index is 2.43. The van der Waals surface area contributed by atoms with Gasteiger partial charge in [-0.3, -0.25) is 4.98 Å². The summed E-state index contributed by atoms with van der Waals surface area (Å²) < 4.78 is 0.